The third-order valence-electron chi connectivity index (χ3n) is 4.01. The first kappa shape index (κ1) is 11.7. The lowest BCUT2D eigenvalue weighted by Gasteiger charge is -2.52. The lowest BCUT2D eigenvalue weighted by molar-refractivity contribution is -0.117. The number of carbonyl (C=O) groups is 1. The molecule has 1 aliphatic heterocycles. The summed E-state index contributed by atoms with van der Waals surface area (Å²) < 4.78 is 5.70. The van der Waals surface area contributed by atoms with E-state index in [1.54, 1.807) is 12.1 Å². The van der Waals surface area contributed by atoms with E-state index in [2.05, 4.69) is 5.32 Å². The van der Waals surface area contributed by atoms with E-state index in [0.717, 1.165) is 19.4 Å². The van der Waals surface area contributed by atoms with Gasteiger partial charge in [-0.25, -0.2) is 0 Å². The number of fused-ring (bicyclic) bond motifs is 1. The summed E-state index contributed by atoms with van der Waals surface area (Å²) in [5.74, 6) is 0.350. The molecule has 96 valence electrons. The average Bonchev–Trinajstić information content (AvgIpc) is 2.45. The van der Waals surface area contributed by atoms with Crippen molar-refractivity contribution in [2.45, 2.75) is 31.0 Å². The lowest BCUT2D eigenvalue weighted by atomic mass is 9.68. The van der Waals surface area contributed by atoms with Gasteiger partial charge >= 0.3 is 0 Å². The highest BCUT2D eigenvalue weighted by Gasteiger charge is 2.51. The van der Waals surface area contributed by atoms with Crippen LogP contribution in [0.25, 0.3) is 0 Å². The van der Waals surface area contributed by atoms with Gasteiger partial charge in [-0.05, 0) is 25.0 Å². The van der Waals surface area contributed by atoms with E-state index in [1.807, 2.05) is 18.2 Å². The zero-order valence-electron chi connectivity index (χ0n) is 10.2. The Hall–Kier alpha value is -1.39. The molecule has 2 aliphatic rings. The van der Waals surface area contributed by atoms with Gasteiger partial charge in [0.05, 0.1) is 12.1 Å². The predicted molar refractivity (Wildman–Crippen MR) is 68.1 cm³/mol. The third-order valence-corrected chi connectivity index (χ3v) is 4.01. The summed E-state index contributed by atoms with van der Waals surface area (Å²) >= 11 is 0. The molecular weight excluding hydrogens is 228 g/mol. The maximum atomic E-state index is 12.0. The van der Waals surface area contributed by atoms with E-state index in [9.17, 15) is 4.79 Å². The molecule has 4 unspecified atom stereocenters. The van der Waals surface area contributed by atoms with Crippen LogP contribution in [0.2, 0.25) is 0 Å². The average molecular weight is 246 g/mol. The normalized spacial score (nSPS) is 34.3. The van der Waals surface area contributed by atoms with Gasteiger partial charge in [-0.15, -0.1) is 0 Å². The van der Waals surface area contributed by atoms with Gasteiger partial charge in [0.15, 0.2) is 0 Å². The van der Waals surface area contributed by atoms with Crippen LogP contribution >= 0.6 is 0 Å². The molecule has 1 aliphatic carbocycles. The second kappa shape index (κ2) is 4.71. The lowest BCUT2D eigenvalue weighted by Crippen LogP contribution is -2.72. The summed E-state index contributed by atoms with van der Waals surface area (Å²) in [4.78, 5) is 12.0. The molecule has 4 nitrogen and oxygen atoms in total. The molecule has 3 rings (SSSR count). The van der Waals surface area contributed by atoms with E-state index in [0.29, 0.717) is 11.5 Å². The Labute approximate surface area is 107 Å². The standard InChI is InChI=1S/C14H18N2O2/c15-11-10-7-4-8-18-13(10)12(11)16-14(17)9-5-2-1-3-6-9/h1-3,5-6,10-13H,4,7-8,15H2,(H,16,17). The van der Waals surface area contributed by atoms with Crippen molar-refractivity contribution < 1.29 is 9.53 Å². The van der Waals surface area contributed by atoms with Crippen molar-refractivity contribution in [3.05, 3.63) is 35.9 Å². The fourth-order valence-corrected chi connectivity index (χ4v) is 2.95. The van der Waals surface area contributed by atoms with Crippen molar-refractivity contribution in [1.29, 1.82) is 0 Å². The molecule has 1 heterocycles. The molecule has 1 amide bonds. The Morgan fingerprint density at radius 3 is 2.89 bits per heavy atom. The van der Waals surface area contributed by atoms with Crippen LogP contribution in [-0.4, -0.2) is 30.7 Å². The highest BCUT2D eigenvalue weighted by Crippen LogP contribution is 2.37. The van der Waals surface area contributed by atoms with Gasteiger partial charge in [-0.3, -0.25) is 4.79 Å². The van der Waals surface area contributed by atoms with Gasteiger partial charge in [0.25, 0.3) is 5.91 Å². The van der Waals surface area contributed by atoms with Gasteiger partial charge in [-0.2, -0.15) is 0 Å². The first-order chi connectivity index (χ1) is 8.77. The Balaban J connectivity index is 1.65. The molecule has 2 fully saturated rings. The first-order valence-corrected chi connectivity index (χ1v) is 6.50. The van der Waals surface area contributed by atoms with Gasteiger partial charge in [0.1, 0.15) is 0 Å². The van der Waals surface area contributed by atoms with E-state index >= 15 is 0 Å². The molecule has 3 N–H and O–H groups in total. The minimum Gasteiger partial charge on any atom is -0.376 e. The summed E-state index contributed by atoms with van der Waals surface area (Å²) in [6.07, 6.45) is 2.30. The van der Waals surface area contributed by atoms with E-state index in [-0.39, 0.29) is 24.1 Å². The topological polar surface area (TPSA) is 64.3 Å². The Bertz CT molecular complexity index is 435. The number of rotatable bonds is 2. The van der Waals surface area contributed by atoms with Crippen LogP contribution in [0.4, 0.5) is 0 Å². The van der Waals surface area contributed by atoms with Crippen molar-refractivity contribution in [2.75, 3.05) is 6.61 Å². The van der Waals surface area contributed by atoms with Crippen LogP contribution in [0, 0.1) is 5.92 Å². The molecule has 18 heavy (non-hydrogen) atoms. The van der Waals surface area contributed by atoms with Crippen LogP contribution < -0.4 is 11.1 Å². The van der Waals surface area contributed by atoms with Gasteiger partial charge in [0, 0.05) is 24.1 Å². The first-order valence-electron chi connectivity index (χ1n) is 6.50. The van der Waals surface area contributed by atoms with Crippen molar-refractivity contribution in [1.82, 2.24) is 5.32 Å². The molecule has 1 aromatic rings. The van der Waals surface area contributed by atoms with Gasteiger partial charge < -0.3 is 15.8 Å². The number of ether oxygens (including phenoxy) is 1. The van der Waals surface area contributed by atoms with Crippen LogP contribution in [0.15, 0.2) is 30.3 Å². The van der Waals surface area contributed by atoms with E-state index < -0.39 is 0 Å². The molecule has 0 spiro atoms. The molecule has 4 heteroatoms. The van der Waals surface area contributed by atoms with Crippen LogP contribution in [-0.2, 0) is 4.74 Å². The maximum absolute atomic E-state index is 12.0. The largest absolute Gasteiger partial charge is 0.376 e. The maximum Gasteiger partial charge on any atom is 0.251 e. The van der Waals surface area contributed by atoms with Crippen molar-refractivity contribution >= 4 is 5.91 Å². The number of hydrogen-bond donors (Lipinski definition) is 2. The summed E-state index contributed by atoms with van der Waals surface area (Å²) in [6, 6.07) is 9.21. The minimum absolute atomic E-state index is 0.0305. The second-order valence-electron chi connectivity index (χ2n) is 5.08. The summed E-state index contributed by atoms with van der Waals surface area (Å²) in [6.45, 7) is 0.783. The fraction of sp³-hybridized carbons (Fsp3) is 0.500. The minimum atomic E-state index is -0.0660. The molecule has 4 atom stereocenters. The van der Waals surface area contributed by atoms with Crippen molar-refractivity contribution in [3.8, 4) is 0 Å². The number of hydrogen-bond acceptors (Lipinski definition) is 3. The fourth-order valence-electron chi connectivity index (χ4n) is 2.95. The Morgan fingerprint density at radius 1 is 1.33 bits per heavy atom. The second-order valence-corrected chi connectivity index (χ2v) is 5.08. The molecule has 0 radical (unpaired) electrons. The number of nitrogens with one attached hydrogen (secondary N) is 1. The third kappa shape index (κ3) is 1.91. The number of benzene rings is 1. The Kier molecular flexibility index (Phi) is 3.06. The number of nitrogens with two attached hydrogens (primary N) is 1. The smallest absolute Gasteiger partial charge is 0.251 e. The molecule has 1 saturated carbocycles. The molecule has 1 saturated heterocycles. The zero-order valence-corrected chi connectivity index (χ0v) is 10.2. The van der Waals surface area contributed by atoms with Crippen LogP contribution in [0.3, 0.4) is 0 Å². The summed E-state index contributed by atoms with van der Waals surface area (Å²) in [5, 5.41) is 2.99. The Morgan fingerprint density at radius 2 is 2.11 bits per heavy atom. The van der Waals surface area contributed by atoms with Crippen molar-refractivity contribution in [3.63, 3.8) is 0 Å². The SMILES string of the molecule is NC1C2CCCOC2C1NC(=O)c1ccccc1. The van der Waals surface area contributed by atoms with Crippen LogP contribution in [0.5, 0.6) is 0 Å². The molecule has 1 aromatic carbocycles. The highest BCUT2D eigenvalue weighted by atomic mass is 16.5. The molecule has 0 aromatic heterocycles. The van der Waals surface area contributed by atoms with Crippen LogP contribution in [0.1, 0.15) is 23.2 Å². The van der Waals surface area contributed by atoms with Gasteiger partial charge in [-0.1, -0.05) is 18.2 Å². The van der Waals surface area contributed by atoms with Gasteiger partial charge in [0.2, 0.25) is 0 Å². The summed E-state index contributed by atoms with van der Waals surface area (Å²) in [7, 11) is 0. The van der Waals surface area contributed by atoms with E-state index in [1.165, 1.54) is 0 Å². The zero-order chi connectivity index (χ0) is 12.5. The predicted octanol–water partition coefficient (Wildman–Crippen LogP) is 0.921. The molecular formula is C14H18N2O2. The summed E-state index contributed by atoms with van der Waals surface area (Å²) in [5.41, 5.74) is 6.78. The monoisotopic (exact) mass is 246 g/mol. The number of carbonyl (C=O) groups excluding carboxylic acids is 1. The van der Waals surface area contributed by atoms with E-state index in [4.69, 9.17) is 10.5 Å². The highest BCUT2D eigenvalue weighted by molar-refractivity contribution is 5.94. The number of amides is 1. The van der Waals surface area contributed by atoms with Crippen molar-refractivity contribution in [2.24, 2.45) is 11.7 Å². The molecule has 0 bridgehead atoms. The quantitative estimate of drug-likeness (QED) is 0.815.